The third-order valence-corrected chi connectivity index (χ3v) is 9.74. The summed E-state index contributed by atoms with van der Waals surface area (Å²) in [6.07, 6.45) is 4.67. The van der Waals surface area contributed by atoms with Crippen molar-refractivity contribution in [3.05, 3.63) is 55.7 Å². The summed E-state index contributed by atoms with van der Waals surface area (Å²) in [5, 5.41) is 31.3. The number of carbonyl (C=O) groups is 2. The number of aliphatic hydroxyl groups is 3. The Bertz CT molecular complexity index is 1080. The summed E-state index contributed by atoms with van der Waals surface area (Å²) in [6, 6.07) is 9.14. The zero-order valence-electron chi connectivity index (χ0n) is 22.1. The quantitative estimate of drug-likeness (QED) is 0.164. The lowest BCUT2D eigenvalue weighted by molar-refractivity contribution is -0.118. The van der Waals surface area contributed by atoms with Crippen molar-refractivity contribution in [2.75, 3.05) is 19.8 Å². The van der Waals surface area contributed by atoms with Crippen LogP contribution >= 0.6 is 46.1 Å². The second-order valence-corrected chi connectivity index (χ2v) is 13.3. The highest BCUT2D eigenvalue weighted by Gasteiger charge is 2.40. The molecule has 1 fully saturated rings. The molecule has 1 heterocycles. The number of hydrogen-bond acceptors (Lipinski definition) is 7. The van der Waals surface area contributed by atoms with E-state index >= 15 is 0 Å². The van der Waals surface area contributed by atoms with Crippen LogP contribution in [0.25, 0.3) is 0 Å². The average molecular weight is 620 g/mol. The van der Waals surface area contributed by atoms with Crippen molar-refractivity contribution < 1.29 is 29.6 Å². The van der Waals surface area contributed by atoms with Gasteiger partial charge in [-0.25, -0.2) is 4.79 Å². The zero-order valence-corrected chi connectivity index (χ0v) is 25.2. The number of ether oxygens (including phenoxy) is 1. The van der Waals surface area contributed by atoms with E-state index in [1.807, 2.05) is 18.2 Å². The van der Waals surface area contributed by atoms with Crippen molar-refractivity contribution in [1.29, 1.82) is 0 Å². The molecule has 0 unspecified atom stereocenters. The molecule has 0 aliphatic heterocycles. The van der Waals surface area contributed by atoms with E-state index in [2.05, 4.69) is 0 Å². The van der Waals surface area contributed by atoms with Crippen LogP contribution in [0, 0.1) is 17.3 Å². The first-order valence-corrected chi connectivity index (χ1v) is 15.3. The van der Waals surface area contributed by atoms with Gasteiger partial charge in [-0.15, -0.1) is 22.9 Å². The van der Waals surface area contributed by atoms with Crippen LogP contribution in [0.1, 0.15) is 65.6 Å². The van der Waals surface area contributed by atoms with Crippen LogP contribution in [0.2, 0.25) is 10.0 Å². The van der Waals surface area contributed by atoms with Crippen LogP contribution in [-0.2, 0) is 22.4 Å². The van der Waals surface area contributed by atoms with Crippen molar-refractivity contribution >= 4 is 57.9 Å². The van der Waals surface area contributed by atoms with Crippen LogP contribution in [0.4, 0.5) is 0 Å². The minimum absolute atomic E-state index is 0.0551. The highest BCUT2D eigenvalue weighted by molar-refractivity contribution is 7.13. The Labute approximate surface area is 249 Å². The molecule has 1 aromatic carbocycles. The Morgan fingerprint density at radius 1 is 1.05 bits per heavy atom. The minimum atomic E-state index is -1.04. The summed E-state index contributed by atoms with van der Waals surface area (Å²) in [7, 11) is 0. The molecule has 4 atom stereocenters. The molecule has 0 bridgehead atoms. The number of thiophene rings is 1. The molecule has 3 N–H and O–H groups in total. The van der Waals surface area contributed by atoms with Crippen molar-refractivity contribution in [3.8, 4) is 0 Å². The maximum absolute atomic E-state index is 12.6. The highest BCUT2D eigenvalue weighted by Crippen LogP contribution is 2.42. The smallest absolute Gasteiger partial charge is 0.348 e. The number of aliphatic hydroxyl groups excluding tert-OH is 3. The van der Waals surface area contributed by atoms with Crippen molar-refractivity contribution in [1.82, 2.24) is 0 Å². The van der Waals surface area contributed by atoms with E-state index in [4.69, 9.17) is 39.5 Å². The molecule has 0 amide bonds. The highest BCUT2D eigenvalue weighted by atomic mass is 35.5. The van der Waals surface area contributed by atoms with E-state index in [-0.39, 0.29) is 55.7 Å². The Hall–Kier alpha value is -1.19. The first kappa shape index (κ1) is 32.3. The van der Waals surface area contributed by atoms with Gasteiger partial charge in [-0.3, -0.25) is 0 Å². The molecular weight excluding hydrogens is 583 g/mol. The number of Topliss-reactive ketones (excluding diaryl/α,β-unsaturated/α-hetero) is 1. The molecule has 2 aromatic rings. The van der Waals surface area contributed by atoms with Gasteiger partial charge in [0.15, 0.2) is 0 Å². The van der Waals surface area contributed by atoms with Gasteiger partial charge in [-0.1, -0.05) is 23.2 Å². The van der Waals surface area contributed by atoms with Crippen molar-refractivity contribution in [2.45, 2.75) is 69.8 Å². The molecule has 0 spiro atoms. The molecule has 0 saturated heterocycles. The fraction of sp³-hybridized carbons (Fsp3) is 0.586. The Balaban J connectivity index is 1.50. The number of ketones is 1. The molecule has 1 aliphatic carbocycles. The number of hydrogen-bond donors (Lipinski definition) is 3. The van der Waals surface area contributed by atoms with E-state index in [0.29, 0.717) is 21.3 Å². The Morgan fingerprint density at radius 2 is 1.74 bits per heavy atom. The second-order valence-electron chi connectivity index (χ2n) is 10.7. The maximum Gasteiger partial charge on any atom is 0.348 e. The summed E-state index contributed by atoms with van der Waals surface area (Å²) < 4.78 is 5.40. The third-order valence-electron chi connectivity index (χ3n) is 7.68. The second kappa shape index (κ2) is 15.2. The molecule has 216 valence electrons. The van der Waals surface area contributed by atoms with Gasteiger partial charge in [0.1, 0.15) is 17.3 Å². The number of esters is 1. The van der Waals surface area contributed by atoms with Crippen LogP contribution in [0.3, 0.4) is 0 Å². The SMILES string of the molecule is CC(=O)CCC(CO)(CO)COC(=O)c1ccc(CCC[C@@H]2[C@@H](CCc3cc(Cl)cc(Cl)c3)[C@H](O)C[C@H]2Cl)s1. The Morgan fingerprint density at radius 3 is 2.38 bits per heavy atom. The van der Waals surface area contributed by atoms with Crippen molar-refractivity contribution in [3.63, 3.8) is 0 Å². The standard InChI is InChI=1S/C29H37Cl3O6S/c1-18(35)9-10-29(15-33,16-34)17-38-28(37)27-8-6-22(39-27)3-2-4-23-24(26(36)14-25(23)32)7-5-19-11-20(30)13-21(31)12-19/h6,8,11-13,23-26,33-34,36H,2-5,7,9-10,14-17H2,1H3/t23-,24-,25-,26-/m1/s1. The fourth-order valence-corrected chi connectivity index (χ4v) is 7.27. The summed E-state index contributed by atoms with van der Waals surface area (Å²) >= 11 is 20.3. The topological polar surface area (TPSA) is 104 Å². The minimum Gasteiger partial charge on any atom is -0.461 e. The molecule has 1 saturated carbocycles. The number of halogens is 3. The van der Waals surface area contributed by atoms with Gasteiger partial charge in [-0.2, -0.15) is 0 Å². The lowest BCUT2D eigenvalue weighted by Crippen LogP contribution is -2.36. The number of alkyl halides is 1. The molecule has 10 heteroatoms. The lowest BCUT2D eigenvalue weighted by Gasteiger charge is -2.28. The molecule has 0 radical (unpaired) electrons. The predicted molar refractivity (Wildman–Crippen MR) is 156 cm³/mol. The van der Waals surface area contributed by atoms with Crippen LogP contribution in [0.5, 0.6) is 0 Å². The fourth-order valence-electron chi connectivity index (χ4n) is 5.26. The summed E-state index contributed by atoms with van der Waals surface area (Å²) in [6.45, 7) is 0.512. The number of carbonyl (C=O) groups excluding carboxylic acids is 2. The first-order chi connectivity index (χ1) is 18.6. The first-order valence-electron chi connectivity index (χ1n) is 13.3. The number of aryl methyl sites for hydroxylation is 2. The largest absolute Gasteiger partial charge is 0.461 e. The molecule has 3 rings (SSSR count). The zero-order chi connectivity index (χ0) is 28.6. The summed E-state index contributed by atoms with van der Waals surface area (Å²) in [4.78, 5) is 25.4. The summed E-state index contributed by atoms with van der Waals surface area (Å²) in [5.41, 5.74) is 0.00422. The van der Waals surface area contributed by atoms with Gasteiger partial charge >= 0.3 is 5.97 Å². The molecular formula is C29H37Cl3O6S. The van der Waals surface area contributed by atoms with Crippen LogP contribution in [0.15, 0.2) is 30.3 Å². The van der Waals surface area contributed by atoms with E-state index in [0.717, 1.165) is 42.5 Å². The van der Waals surface area contributed by atoms with E-state index in [9.17, 15) is 24.9 Å². The van der Waals surface area contributed by atoms with E-state index in [1.165, 1.54) is 18.3 Å². The van der Waals surface area contributed by atoms with Gasteiger partial charge < -0.3 is 24.9 Å². The molecule has 6 nitrogen and oxygen atoms in total. The normalized spacial score (nSPS) is 21.3. The van der Waals surface area contributed by atoms with Crippen LogP contribution < -0.4 is 0 Å². The maximum atomic E-state index is 12.6. The average Bonchev–Trinajstić information content (AvgIpc) is 3.46. The van der Waals surface area contributed by atoms with Crippen molar-refractivity contribution in [2.24, 2.45) is 17.3 Å². The van der Waals surface area contributed by atoms with E-state index < -0.39 is 17.5 Å². The van der Waals surface area contributed by atoms with Gasteiger partial charge in [0.25, 0.3) is 0 Å². The monoisotopic (exact) mass is 618 g/mol. The molecule has 1 aliphatic rings. The lowest BCUT2D eigenvalue weighted by atomic mass is 9.85. The predicted octanol–water partition coefficient (Wildman–Crippen LogP) is 6.11. The number of rotatable bonds is 15. The van der Waals surface area contributed by atoms with E-state index in [1.54, 1.807) is 12.1 Å². The number of benzene rings is 1. The van der Waals surface area contributed by atoms with Crippen LogP contribution in [-0.4, -0.2) is 58.4 Å². The van der Waals surface area contributed by atoms with Gasteiger partial charge in [0.05, 0.1) is 24.7 Å². The molecule has 39 heavy (non-hydrogen) atoms. The third kappa shape index (κ3) is 9.42. The van der Waals surface area contributed by atoms with Gasteiger partial charge in [0, 0.05) is 26.7 Å². The summed E-state index contributed by atoms with van der Waals surface area (Å²) in [5.74, 6) is -0.275. The Kier molecular flexibility index (Phi) is 12.6. The molecule has 1 aromatic heterocycles. The van der Waals surface area contributed by atoms with Gasteiger partial charge in [0.2, 0.25) is 0 Å². The van der Waals surface area contributed by atoms with Gasteiger partial charge in [-0.05, 0) is 99.6 Å².